The third-order valence-electron chi connectivity index (χ3n) is 2.57. The summed E-state index contributed by atoms with van der Waals surface area (Å²) in [5, 5.41) is 17.9. The first-order chi connectivity index (χ1) is 8.43. The zero-order valence-corrected chi connectivity index (χ0v) is 10.7. The second-order valence-corrected chi connectivity index (χ2v) is 4.04. The number of hydrogen-bond acceptors (Lipinski definition) is 3. The lowest BCUT2D eigenvalue weighted by Gasteiger charge is -2.12. The molecule has 1 aromatic heterocycles. The molecule has 1 atom stereocenters. The van der Waals surface area contributed by atoms with E-state index in [4.69, 9.17) is 5.11 Å². The first kappa shape index (κ1) is 14.0. The van der Waals surface area contributed by atoms with E-state index in [1.54, 1.807) is 18.7 Å². The molecule has 0 aliphatic heterocycles. The summed E-state index contributed by atoms with van der Waals surface area (Å²) in [4.78, 5) is 22.2. The van der Waals surface area contributed by atoms with Gasteiger partial charge in [0, 0.05) is 25.4 Å². The first-order valence-electron chi connectivity index (χ1n) is 5.70. The highest BCUT2D eigenvalue weighted by Gasteiger charge is 2.17. The van der Waals surface area contributed by atoms with E-state index in [1.807, 2.05) is 13.1 Å². The fraction of sp³-hybridized carbons (Fsp3) is 0.545. The molecule has 0 unspecified atom stereocenters. The van der Waals surface area contributed by atoms with Crippen molar-refractivity contribution in [1.29, 1.82) is 0 Å². The van der Waals surface area contributed by atoms with Crippen LogP contribution in [0.3, 0.4) is 0 Å². The van der Waals surface area contributed by atoms with E-state index in [1.165, 1.54) is 0 Å². The Bertz CT molecular complexity index is 441. The number of hydrogen-bond donors (Lipinski definition) is 3. The largest absolute Gasteiger partial charge is 0.480 e. The van der Waals surface area contributed by atoms with Crippen molar-refractivity contribution in [2.24, 2.45) is 7.05 Å². The molecule has 0 saturated carbocycles. The zero-order valence-electron chi connectivity index (χ0n) is 10.7. The highest BCUT2D eigenvalue weighted by atomic mass is 16.4. The predicted octanol–water partition coefficient (Wildman–Crippen LogP) is 0.391. The van der Waals surface area contributed by atoms with Gasteiger partial charge in [-0.15, -0.1) is 0 Å². The Hall–Kier alpha value is -2.05. The molecule has 0 saturated heterocycles. The molecular formula is C11H18N4O3. The van der Waals surface area contributed by atoms with Gasteiger partial charge in [0.1, 0.15) is 6.04 Å². The van der Waals surface area contributed by atoms with Crippen LogP contribution in [0.25, 0.3) is 0 Å². The minimum absolute atomic E-state index is 0.321. The van der Waals surface area contributed by atoms with Gasteiger partial charge in [-0.2, -0.15) is 5.10 Å². The van der Waals surface area contributed by atoms with Crippen molar-refractivity contribution >= 4 is 12.0 Å². The average Bonchev–Trinajstić information content (AvgIpc) is 2.61. The van der Waals surface area contributed by atoms with Crippen molar-refractivity contribution in [1.82, 2.24) is 20.4 Å². The van der Waals surface area contributed by atoms with Crippen molar-refractivity contribution in [2.75, 3.05) is 0 Å². The summed E-state index contributed by atoms with van der Waals surface area (Å²) in [5.41, 5.74) is 1.74. The maximum absolute atomic E-state index is 11.5. The number of carboxylic acid groups (broad SMARTS) is 1. The molecule has 0 radical (unpaired) electrons. The van der Waals surface area contributed by atoms with Crippen LogP contribution in [0.2, 0.25) is 0 Å². The second kappa shape index (κ2) is 6.04. The van der Waals surface area contributed by atoms with Gasteiger partial charge in [0.05, 0.1) is 5.69 Å². The van der Waals surface area contributed by atoms with Gasteiger partial charge in [-0.3, -0.25) is 4.68 Å². The van der Waals surface area contributed by atoms with Gasteiger partial charge in [-0.25, -0.2) is 9.59 Å². The van der Waals surface area contributed by atoms with Crippen LogP contribution in [0.4, 0.5) is 4.79 Å². The van der Waals surface area contributed by atoms with Gasteiger partial charge in [0.15, 0.2) is 0 Å². The molecule has 3 N–H and O–H groups in total. The van der Waals surface area contributed by atoms with Gasteiger partial charge in [0.2, 0.25) is 0 Å². The molecule has 0 aliphatic carbocycles. The fourth-order valence-electron chi connectivity index (χ4n) is 1.55. The second-order valence-electron chi connectivity index (χ2n) is 4.04. The van der Waals surface area contributed by atoms with Gasteiger partial charge in [-0.1, -0.05) is 6.92 Å². The smallest absolute Gasteiger partial charge is 0.326 e. The van der Waals surface area contributed by atoms with E-state index in [2.05, 4.69) is 15.7 Å². The number of carbonyl (C=O) groups is 2. The Kier molecular flexibility index (Phi) is 4.70. The van der Waals surface area contributed by atoms with E-state index in [9.17, 15) is 9.59 Å². The lowest BCUT2D eigenvalue weighted by atomic mass is 10.2. The summed E-state index contributed by atoms with van der Waals surface area (Å²) in [6, 6.07) is -1.35. The standard InChI is InChI=1S/C11H18N4O3/c1-4-9(10(16)17)13-11(18)12-5-8-6-15(3)14-7(8)2/h6,9H,4-5H2,1-3H3,(H,16,17)(H2,12,13,18)/t9-/m1/s1. The third-order valence-corrected chi connectivity index (χ3v) is 2.57. The number of amides is 2. The van der Waals surface area contributed by atoms with Crippen LogP contribution in [0.5, 0.6) is 0 Å². The molecule has 1 aromatic rings. The van der Waals surface area contributed by atoms with Crippen molar-refractivity contribution in [3.05, 3.63) is 17.5 Å². The molecule has 1 rings (SSSR count). The Balaban J connectivity index is 2.46. The lowest BCUT2D eigenvalue weighted by Crippen LogP contribution is -2.45. The normalized spacial score (nSPS) is 11.9. The SMILES string of the molecule is CC[C@@H](NC(=O)NCc1cn(C)nc1C)C(=O)O. The Morgan fingerprint density at radius 2 is 2.22 bits per heavy atom. The monoisotopic (exact) mass is 254 g/mol. The number of aromatic nitrogens is 2. The molecule has 100 valence electrons. The van der Waals surface area contributed by atoms with Crippen molar-refractivity contribution in [2.45, 2.75) is 32.9 Å². The number of urea groups is 1. The molecule has 1 heterocycles. The molecule has 18 heavy (non-hydrogen) atoms. The van der Waals surface area contributed by atoms with Gasteiger partial charge in [-0.05, 0) is 13.3 Å². The topological polar surface area (TPSA) is 96.3 Å². The Labute approximate surface area is 105 Å². The minimum atomic E-state index is -1.04. The van der Waals surface area contributed by atoms with Crippen LogP contribution in [0.15, 0.2) is 6.20 Å². The molecule has 0 fully saturated rings. The van der Waals surface area contributed by atoms with Gasteiger partial charge < -0.3 is 15.7 Å². The van der Waals surface area contributed by atoms with Gasteiger partial charge in [0.25, 0.3) is 0 Å². The number of carboxylic acids is 1. The van der Waals surface area contributed by atoms with E-state index in [0.29, 0.717) is 13.0 Å². The van der Waals surface area contributed by atoms with Gasteiger partial charge >= 0.3 is 12.0 Å². The lowest BCUT2D eigenvalue weighted by molar-refractivity contribution is -0.139. The summed E-state index contributed by atoms with van der Waals surface area (Å²) in [6.45, 7) is 3.87. The van der Waals surface area contributed by atoms with Crippen molar-refractivity contribution in [3.63, 3.8) is 0 Å². The van der Waals surface area contributed by atoms with E-state index >= 15 is 0 Å². The molecule has 2 amide bonds. The molecule has 7 nitrogen and oxygen atoms in total. The maximum atomic E-state index is 11.5. The number of nitrogens with zero attached hydrogens (tertiary/aromatic N) is 2. The van der Waals surface area contributed by atoms with Crippen molar-refractivity contribution in [3.8, 4) is 0 Å². The Morgan fingerprint density at radius 1 is 1.56 bits per heavy atom. The highest BCUT2D eigenvalue weighted by molar-refractivity contribution is 5.82. The summed E-state index contributed by atoms with van der Waals surface area (Å²) >= 11 is 0. The summed E-state index contributed by atoms with van der Waals surface area (Å²) in [6.07, 6.45) is 2.15. The van der Waals surface area contributed by atoms with E-state index < -0.39 is 18.0 Å². The summed E-state index contributed by atoms with van der Waals surface area (Å²) in [7, 11) is 1.80. The number of carbonyl (C=O) groups excluding carboxylic acids is 1. The minimum Gasteiger partial charge on any atom is -0.480 e. The predicted molar refractivity (Wildman–Crippen MR) is 65.0 cm³/mol. The number of aryl methyl sites for hydroxylation is 2. The van der Waals surface area contributed by atoms with Crippen LogP contribution in [0, 0.1) is 6.92 Å². The zero-order chi connectivity index (χ0) is 13.7. The molecule has 0 bridgehead atoms. The van der Waals surface area contributed by atoms with Crippen LogP contribution < -0.4 is 10.6 Å². The molecular weight excluding hydrogens is 236 g/mol. The molecule has 0 aliphatic rings. The fourth-order valence-corrected chi connectivity index (χ4v) is 1.55. The average molecular weight is 254 g/mol. The Morgan fingerprint density at radius 3 is 2.67 bits per heavy atom. The number of rotatable bonds is 5. The maximum Gasteiger partial charge on any atom is 0.326 e. The quantitative estimate of drug-likeness (QED) is 0.708. The molecule has 7 heteroatoms. The number of aliphatic carboxylic acids is 1. The summed E-state index contributed by atoms with van der Waals surface area (Å²) in [5.74, 6) is -1.04. The first-order valence-corrected chi connectivity index (χ1v) is 5.70. The molecule has 0 spiro atoms. The molecule has 0 aromatic carbocycles. The summed E-state index contributed by atoms with van der Waals surface area (Å²) < 4.78 is 1.66. The van der Waals surface area contributed by atoms with Crippen LogP contribution in [-0.2, 0) is 18.4 Å². The number of nitrogens with one attached hydrogen (secondary N) is 2. The van der Waals surface area contributed by atoms with Crippen LogP contribution in [0.1, 0.15) is 24.6 Å². The van der Waals surface area contributed by atoms with Crippen LogP contribution >= 0.6 is 0 Å². The third kappa shape index (κ3) is 3.76. The highest BCUT2D eigenvalue weighted by Crippen LogP contribution is 2.03. The van der Waals surface area contributed by atoms with Crippen LogP contribution in [-0.4, -0.2) is 32.9 Å². The van der Waals surface area contributed by atoms with Crippen molar-refractivity contribution < 1.29 is 14.7 Å². The van der Waals surface area contributed by atoms with E-state index in [-0.39, 0.29) is 0 Å². The van der Waals surface area contributed by atoms with E-state index in [0.717, 1.165) is 11.3 Å².